The predicted molar refractivity (Wildman–Crippen MR) is 61.4 cm³/mol. The van der Waals surface area contributed by atoms with Gasteiger partial charge in [0.1, 0.15) is 0 Å². The zero-order chi connectivity index (χ0) is 10.9. The number of rotatable bonds is 1. The summed E-state index contributed by atoms with van der Waals surface area (Å²) in [6.45, 7) is 6.00. The Morgan fingerprint density at radius 2 is 2.13 bits per heavy atom. The largest absolute Gasteiger partial charge is 0.375 e. The van der Waals surface area contributed by atoms with Gasteiger partial charge in [-0.15, -0.1) is 11.6 Å². The summed E-state index contributed by atoms with van der Waals surface area (Å²) in [6, 6.07) is 0. The fourth-order valence-corrected chi connectivity index (χ4v) is 3.17. The van der Waals surface area contributed by atoms with E-state index < -0.39 is 0 Å². The summed E-state index contributed by atoms with van der Waals surface area (Å²) in [7, 11) is 0. The maximum atomic E-state index is 6.25. The molecule has 0 amide bonds. The Bertz CT molecular complexity index is 230. The Kier molecular flexibility index (Phi) is 3.30. The van der Waals surface area contributed by atoms with E-state index in [0.29, 0.717) is 0 Å². The highest BCUT2D eigenvalue weighted by molar-refractivity contribution is 6.20. The lowest BCUT2D eigenvalue weighted by Crippen LogP contribution is -2.51. The molecule has 0 aliphatic carbocycles. The van der Waals surface area contributed by atoms with E-state index in [1.165, 1.54) is 0 Å². The molecule has 3 heteroatoms. The molecule has 2 rings (SSSR count). The van der Waals surface area contributed by atoms with Crippen LogP contribution in [0, 0.1) is 0 Å². The molecule has 0 aromatic carbocycles. The van der Waals surface area contributed by atoms with E-state index in [-0.39, 0.29) is 16.6 Å². The molecule has 3 atom stereocenters. The summed E-state index contributed by atoms with van der Waals surface area (Å²) in [5.74, 6) is 0. The van der Waals surface area contributed by atoms with Crippen molar-refractivity contribution in [3.8, 4) is 0 Å². The Morgan fingerprint density at radius 1 is 1.33 bits per heavy atom. The second-order valence-corrected chi connectivity index (χ2v) is 5.82. The molecule has 0 aromatic rings. The summed E-state index contributed by atoms with van der Waals surface area (Å²) in [6.07, 6.45) is 5.04. The van der Waals surface area contributed by atoms with Gasteiger partial charge in [-0.05, 0) is 32.6 Å². The van der Waals surface area contributed by atoms with Gasteiger partial charge < -0.3 is 9.47 Å². The molecule has 0 N–H and O–H groups in total. The molecule has 2 aliphatic rings. The van der Waals surface area contributed by atoms with E-state index >= 15 is 0 Å². The Balaban J connectivity index is 2.07. The molecule has 0 saturated carbocycles. The van der Waals surface area contributed by atoms with Crippen molar-refractivity contribution in [1.82, 2.24) is 0 Å². The van der Waals surface area contributed by atoms with Crippen molar-refractivity contribution < 1.29 is 9.47 Å². The average molecular weight is 233 g/mol. The SMILES string of the molecule is CCC1(C)CC2(CCO1)CC(Cl)CCO2. The van der Waals surface area contributed by atoms with E-state index in [2.05, 4.69) is 13.8 Å². The molecule has 0 radical (unpaired) electrons. The normalized spacial score (nSPS) is 47.0. The quantitative estimate of drug-likeness (QED) is 0.647. The third kappa shape index (κ3) is 2.48. The lowest BCUT2D eigenvalue weighted by Gasteiger charge is -2.48. The van der Waals surface area contributed by atoms with Crippen molar-refractivity contribution >= 4 is 11.6 Å². The maximum Gasteiger partial charge on any atom is 0.0745 e. The molecule has 2 saturated heterocycles. The van der Waals surface area contributed by atoms with E-state index in [1.807, 2.05) is 0 Å². The minimum atomic E-state index is -0.00774. The second kappa shape index (κ2) is 4.23. The van der Waals surface area contributed by atoms with Crippen LogP contribution >= 0.6 is 11.6 Å². The molecule has 15 heavy (non-hydrogen) atoms. The fraction of sp³-hybridized carbons (Fsp3) is 1.00. The second-order valence-electron chi connectivity index (χ2n) is 5.20. The minimum absolute atomic E-state index is 0.00762. The molecule has 1 spiro atoms. The first-order chi connectivity index (χ1) is 7.08. The van der Waals surface area contributed by atoms with E-state index in [4.69, 9.17) is 21.1 Å². The van der Waals surface area contributed by atoms with Gasteiger partial charge >= 0.3 is 0 Å². The molecule has 0 bridgehead atoms. The third-order valence-electron chi connectivity index (χ3n) is 3.89. The third-order valence-corrected chi connectivity index (χ3v) is 4.26. The van der Waals surface area contributed by atoms with Crippen LogP contribution in [-0.2, 0) is 9.47 Å². The van der Waals surface area contributed by atoms with E-state index in [0.717, 1.165) is 45.3 Å². The molecule has 88 valence electrons. The lowest BCUT2D eigenvalue weighted by atomic mass is 9.77. The highest BCUT2D eigenvalue weighted by atomic mass is 35.5. The standard InChI is InChI=1S/C12H21ClO2/c1-3-11(2)9-12(5-7-14-11)8-10(13)4-6-15-12/h10H,3-9H2,1-2H3. The van der Waals surface area contributed by atoms with Crippen LogP contribution in [0.4, 0.5) is 0 Å². The number of halogens is 1. The van der Waals surface area contributed by atoms with Gasteiger partial charge in [-0.1, -0.05) is 6.92 Å². The van der Waals surface area contributed by atoms with Gasteiger partial charge in [0.2, 0.25) is 0 Å². The van der Waals surface area contributed by atoms with Gasteiger partial charge in [-0.3, -0.25) is 0 Å². The van der Waals surface area contributed by atoms with E-state index in [9.17, 15) is 0 Å². The van der Waals surface area contributed by atoms with Gasteiger partial charge in [0, 0.05) is 18.4 Å². The lowest BCUT2D eigenvalue weighted by molar-refractivity contribution is -0.189. The zero-order valence-electron chi connectivity index (χ0n) is 9.72. The topological polar surface area (TPSA) is 18.5 Å². The monoisotopic (exact) mass is 232 g/mol. The molecular formula is C12H21ClO2. The van der Waals surface area contributed by atoms with Crippen LogP contribution in [0.25, 0.3) is 0 Å². The van der Waals surface area contributed by atoms with Gasteiger partial charge in [-0.2, -0.15) is 0 Å². The molecule has 2 nitrogen and oxygen atoms in total. The summed E-state index contributed by atoms with van der Waals surface area (Å²) in [5.41, 5.74) is -0.000123. The summed E-state index contributed by atoms with van der Waals surface area (Å²) in [4.78, 5) is 0. The van der Waals surface area contributed by atoms with Crippen LogP contribution in [0.2, 0.25) is 0 Å². The predicted octanol–water partition coefficient (Wildman–Crippen LogP) is 3.12. The van der Waals surface area contributed by atoms with Crippen LogP contribution in [0.1, 0.15) is 46.0 Å². The minimum Gasteiger partial charge on any atom is -0.375 e. The van der Waals surface area contributed by atoms with Crippen LogP contribution in [0.3, 0.4) is 0 Å². The van der Waals surface area contributed by atoms with Crippen LogP contribution in [0.5, 0.6) is 0 Å². The number of hydrogen-bond donors (Lipinski definition) is 0. The smallest absolute Gasteiger partial charge is 0.0745 e. The summed E-state index contributed by atoms with van der Waals surface area (Å²) in [5, 5.41) is 0.290. The Labute approximate surface area is 97.3 Å². The van der Waals surface area contributed by atoms with E-state index in [1.54, 1.807) is 0 Å². The highest BCUT2D eigenvalue weighted by Gasteiger charge is 2.45. The first kappa shape index (κ1) is 11.7. The first-order valence-corrected chi connectivity index (χ1v) is 6.43. The Morgan fingerprint density at radius 3 is 2.80 bits per heavy atom. The van der Waals surface area contributed by atoms with Crippen LogP contribution in [-0.4, -0.2) is 29.8 Å². The van der Waals surface area contributed by atoms with Crippen LogP contribution in [0.15, 0.2) is 0 Å². The first-order valence-electron chi connectivity index (χ1n) is 6.00. The van der Waals surface area contributed by atoms with Gasteiger partial charge in [0.15, 0.2) is 0 Å². The number of ether oxygens (including phenoxy) is 2. The van der Waals surface area contributed by atoms with Gasteiger partial charge in [0.05, 0.1) is 17.8 Å². The Hall–Kier alpha value is 0.210. The average Bonchev–Trinajstić information content (AvgIpc) is 2.17. The van der Waals surface area contributed by atoms with Crippen LogP contribution < -0.4 is 0 Å². The highest BCUT2D eigenvalue weighted by Crippen LogP contribution is 2.42. The van der Waals surface area contributed by atoms with Gasteiger partial charge in [0.25, 0.3) is 0 Å². The number of alkyl halides is 1. The van der Waals surface area contributed by atoms with Crippen molar-refractivity contribution in [3.63, 3.8) is 0 Å². The summed E-state index contributed by atoms with van der Waals surface area (Å²) >= 11 is 6.25. The van der Waals surface area contributed by atoms with Crippen molar-refractivity contribution in [2.75, 3.05) is 13.2 Å². The van der Waals surface area contributed by atoms with Crippen molar-refractivity contribution in [2.45, 2.75) is 62.5 Å². The maximum absolute atomic E-state index is 6.25. The molecule has 2 fully saturated rings. The zero-order valence-corrected chi connectivity index (χ0v) is 10.5. The van der Waals surface area contributed by atoms with Crippen molar-refractivity contribution in [2.24, 2.45) is 0 Å². The van der Waals surface area contributed by atoms with Gasteiger partial charge in [-0.25, -0.2) is 0 Å². The molecule has 3 unspecified atom stereocenters. The molecular weight excluding hydrogens is 212 g/mol. The number of hydrogen-bond acceptors (Lipinski definition) is 2. The summed E-state index contributed by atoms with van der Waals surface area (Å²) < 4.78 is 11.9. The van der Waals surface area contributed by atoms with Crippen molar-refractivity contribution in [3.05, 3.63) is 0 Å². The molecule has 2 aliphatic heterocycles. The molecule has 0 aromatic heterocycles. The molecule has 2 heterocycles. The van der Waals surface area contributed by atoms with Crippen molar-refractivity contribution in [1.29, 1.82) is 0 Å². The fourth-order valence-electron chi connectivity index (χ4n) is 2.80.